The molecule has 0 aliphatic carbocycles. The summed E-state index contributed by atoms with van der Waals surface area (Å²) in [5.41, 5.74) is 2.83. The van der Waals surface area contributed by atoms with Gasteiger partial charge in [-0.1, -0.05) is 19.0 Å². The first kappa shape index (κ1) is 17.7. The number of pyridine rings is 1. The molecule has 26 heavy (non-hydrogen) atoms. The van der Waals surface area contributed by atoms with E-state index in [1.54, 1.807) is 42.7 Å². The summed E-state index contributed by atoms with van der Waals surface area (Å²) in [4.78, 5) is 27.3. The van der Waals surface area contributed by atoms with Gasteiger partial charge in [-0.2, -0.15) is 0 Å². The van der Waals surface area contributed by atoms with E-state index in [9.17, 15) is 4.79 Å². The Hall–Kier alpha value is -3.09. The molecular weight excluding hydrogens is 330 g/mol. The number of carbonyl (C=O) groups excluding carboxylic acids is 1. The standard InChI is InChI=1S/C19H21N5O2/c1-12(2)18-21-10-15(17-9-13(3)23-26-17)16(22-18)11-24(4)19(25)14-5-7-20-8-6-14/h5-10,12H,11H2,1-4H3. The lowest BCUT2D eigenvalue weighted by Crippen LogP contribution is -2.27. The molecule has 0 atom stereocenters. The molecule has 3 aromatic heterocycles. The van der Waals surface area contributed by atoms with Crippen LogP contribution >= 0.6 is 0 Å². The number of nitrogens with zero attached hydrogens (tertiary/aromatic N) is 5. The van der Waals surface area contributed by atoms with Crippen LogP contribution in [-0.2, 0) is 6.54 Å². The third kappa shape index (κ3) is 3.77. The molecule has 1 amide bonds. The molecule has 0 aliphatic heterocycles. The molecule has 3 heterocycles. The van der Waals surface area contributed by atoms with E-state index < -0.39 is 0 Å². The first-order chi connectivity index (χ1) is 12.5. The lowest BCUT2D eigenvalue weighted by Gasteiger charge is -2.19. The van der Waals surface area contributed by atoms with Crippen LogP contribution in [0.2, 0.25) is 0 Å². The van der Waals surface area contributed by atoms with Crippen LogP contribution in [0.25, 0.3) is 11.3 Å². The first-order valence-corrected chi connectivity index (χ1v) is 8.40. The van der Waals surface area contributed by atoms with Gasteiger partial charge in [0.1, 0.15) is 5.82 Å². The number of hydrogen-bond acceptors (Lipinski definition) is 6. The minimum atomic E-state index is -0.100. The van der Waals surface area contributed by atoms with Crippen LogP contribution in [0, 0.1) is 6.92 Å². The largest absolute Gasteiger partial charge is 0.356 e. The first-order valence-electron chi connectivity index (χ1n) is 8.40. The third-order valence-electron chi connectivity index (χ3n) is 3.96. The minimum absolute atomic E-state index is 0.100. The van der Waals surface area contributed by atoms with Crippen LogP contribution in [0.4, 0.5) is 0 Å². The topological polar surface area (TPSA) is 85.0 Å². The van der Waals surface area contributed by atoms with E-state index in [2.05, 4.69) is 20.1 Å². The Labute approximate surface area is 152 Å². The van der Waals surface area contributed by atoms with E-state index in [-0.39, 0.29) is 11.8 Å². The Morgan fingerprint density at radius 3 is 2.62 bits per heavy atom. The van der Waals surface area contributed by atoms with Crippen LogP contribution in [0.3, 0.4) is 0 Å². The fraction of sp³-hybridized carbons (Fsp3) is 0.316. The predicted octanol–water partition coefficient (Wildman–Crippen LogP) is 3.23. The summed E-state index contributed by atoms with van der Waals surface area (Å²) >= 11 is 0. The van der Waals surface area contributed by atoms with E-state index in [4.69, 9.17) is 4.52 Å². The van der Waals surface area contributed by atoms with Crippen molar-refractivity contribution < 1.29 is 9.32 Å². The second-order valence-electron chi connectivity index (χ2n) is 6.47. The predicted molar refractivity (Wildman–Crippen MR) is 96.4 cm³/mol. The lowest BCUT2D eigenvalue weighted by molar-refractivity contribution is 0.0783. The van der Waals surface area contributed by atoms with Crippen molar-refractivity contribution in [2.45, 2.75) is 33.2 Å². The minimum Gasteiger partial charge on any atom is -0.356 e. The molecule has 0 unspecified atom stereocenters. The number of amides is 1. The molecule has 0 bridgehead atoms. The van der Waals surface area contributed by atoms with Gasteiger partial charge < -0.3 is 9.42 Å². The molecular formula is C19H21N5O2. The van der Waals surface area contributed by atoms with Crippen LogP contribution in [0.15, 0.2) is 41.3 Å². The van der Waals surface area contributed by atoms with Gasteiger partial charge in [-0.15, -0.1) is 0 Å². The lowest BCUT2D eigenvalue weighted by atomic mass is 10.1. The molecule has 0 aliphatic rings. The molecule has 7 heteroatoms. The Morgan fingerprint density at radius 2 is 2.00 bits per heavy atom. The highest BCUT2D eigenvalue weighted by molar-refractivity contribution is 5.93. The Balaban J connectivity index is 1.94. The zero-order chi connectivity index (χ0) is 18.7. The second-order valence-corrected chi connectivity index (χ2v) is 6.47. The van der Waals surface area contributed by atoms with E-state index in [0.29, 0.717) is 17.9 Å². The summed E-state index contributed by atoms with van der Waals surface area (Å²) in [6.45, 7) is 6.25. The van der Waals surface area contributed by atoms with Crippen molar-refractivity contribution in [2.24, 2.45) is 0 Å². The molecule has 7 nitrogen and oxygen atoms in total. The number of rotatable bonds is 5. The van der Waals surface area contributed by atoms with Crippen molar-refractivity contribution in [2.75, 3.05) is 7.05 Å². The van der Waals surface area contributed by atoms with Crippen LogP contribution in [0.5, 0.6) is 0 Å². The highest BCUT2D eigenvalue weighted by Gasteiger charge is 2.19. The molecule has 0 saturated heterocycles. The average molecular weight is 351 g/mol. The molecule has 3 aromatic rings. The summed E-state index contributed by atoms with van der Waals surface area (Å²) < 4.78 is 5.38. The smallest absolute Gasteiger partial charge is 0.254 e. The number of aryl methyl sites for hydroxylation is 1. The molecule has 0 fully saturated rings. The van der Waals surface area contributed by atoms with Gasteiger partial charge in [0.2, 0.25) is 0 Å². The van der Waals surface area contributed by atoms with Gasteiger partial charge in [0.15, 0.2) is 5.76 Å². The van der Waals surface area contributed by atoms with Gasteiger partial charge in [0.25, 0.3) is 5.91 Å². The molecule has 3 rings (SSSR count). The maximum absolute atomic E-state index is 12.6. The van der Waals surface area contributed by atoms with Crippen LogP contribution < -0.4 is 0 Å². The van der Waals surface area contributed by atoms with Crippen molar-refractivity contribution in [3.05, 3.63) is 59.6 Å². The number of hydrogen-bond donors (Lipinski definition) is 0. The van der Waals surface area contributed by atoms with Crippen molar-refractivity contribution in [1.82, 2.24) is 25.0 Å². The van der Waals surface area contributed by atoms with Gasteiger partial charge in [0, 0.05) is 43.2 Å². The third-order valence-corrected chi connectivity index (χ3v) is 3.96. The Kier molecular flexibility index (Phi) is 5.06. The highest BCUT2D eigenvalue weighted by Crippen LogP contribution is 2.25. The molecule has 0 saturated carbocycles. The van der Waals surface area contributed by atoms with E-state index in [0.717, 1.165) is 22.8 Å². The quantitative estimate of drug-likeness (QED) is 0.701. The normalized spacial score (nSPS) is 11.0. The van der Waals surface area contributed by atoms with E-state index in [1.165, 1.54) is 0 Å². The fourth-order valence-electron chi connectivity index (χ4n) is 2.54. The Bertz CT molecular complexity index is 905. The zero-order valence-corrected chi connectivity index (χ0v) is 15.3. The maximum atomic E-state index is 12.6. The molecule has 0 spiro atoms. The van der Waals surface area contributed by atoms with Crippen molar-refractivity contribution in [1.29, 1.82) is 0 Å². The summed E-state index contributed by atoms with van der Waals surface area (Å²) in [5.74, 6) is 1.40. The summed E-state index contributed by atoms with van der Waals surface area (Å²) in [7, 11) is 1.75. The second kappa shape index (κ2) is 7.43. The van der Waals surface area contributed by atoms with E-state index >= 15 is 0 Å². The molecule has 134 valence electrons. The van der Waals surface area contributed by atoms with Gasteiger partial charge in [-0.05, 0) is 19.1 Å². The number of carbonyl (C=O) groups is 1. The van der Waals surface area contributed by atoms with Crippen LogP contribution in [-0.4, -0.2) is 38.0 Å². The molecule has 0 aromatic carbocycles. The Morgan fingerprint density at radius 1 is 1.27 bits per heavy atom. The van der Waals surface area contributed by atoms with Crippen molar-refractivity contribution in [3.63, 3.8) is 0 Å². The van der Waals surface area contributed by atoms with Gasteiger partial charge >= 0.3 is 0 Å². The fourth-order valence-corrected chi connectivity index (χ4v) is 2.54. The van der Waals surface area contributed by atoms with E-state index in [1.807, 2.05) is 26.8 Å². The van der Waals surface area contributed by atoms with Crippen molar-refractivity contribution in [3.8, 4) is 11.3 Å². The summed E-state index contributed by atoms with van der Waals surface area (Å²) in [5, 5.41) is 3.94. The maximum Gasteiger partial charge on any atom is 0.254 e. The molecule has 0 radical (unpaired) electrons. The van der Waals surface area contributed by atoms with Crippen molar-refractivity contribution >= 4 is 5.91 Å². The number of aromatic nitrogens is 4. The summed E-state index contributed by atoms with van der Waals surface area (Å²) in [6.07, 6.45) is 4.94. The monoisotopic (exact) mass is 351 g/mol. The zero-order valence-electron chi connectivity index (χ0n) is 15.3. The SMILES string of the molecule is Cc1cc(-c2cnc(C(C)C)nc2CN(C)C(=O)c2ccncc2)on1. The highest BCUT2D eigenvalue weighted by atomic mass is 16.5. The van der Waals surface area contributed by atoms with Gasteiger partial charge in [0.05, 0.1) is 23.5 Å². The average Bonchev–Trinajstić information content (AvgIpc) is 3.07. The van der Waals surface area contributed by atoms with Gasteiger partial charge in [-0.25, -0.2) is 9.97 Å². The summed E-state index contributed by atoms with van der Waals surface area (Å²) in [6, 6.07) is 5.22. The van der Waals surface area contributed by atoms with Gasteiger partial charge in [-0.3, -0.25) is 9.78 Å². The van der Waals surface area contributed by atoms with Crippen LogP contribution in [0.1, 0.15) is 47.3 Å². The molecule has 0 N–H and O–H groups in total.